The Morgan fingerprint density at radius 3 is 2.82 bits per heavy atom. The molecule has 1 aromatic carbocycles. The van der Waals surface area contributed by atoms with Gasteiger partial charge in [-0.1, -0.05) is 17.7 Å². The van der Waals surface area contributed by atoms with Gasteiger partial charge in [-0.25, -0.2) is 0 Å². The summed E-state index contributed by atoms with van der Waals surface area (Å²) >= 11 is 7.94. The summed E-state index contributed by atoms with van der Waals surface area (Å²) in [5.41, 5.74) is 1.02. The van der Waals surface area contributed by atoms with E-state index in [0.29, 0.717) is 6.42 Å². The molecular weight excluding hydrogens is 272 g/mol. The lowest BCUT2D eigenvalue weighted by Crippen LogP contribution is -1.82. The molecule has 0 aliphatic rings. The fourth-order valence-corrected chi connectivity index (χ4v) is 1.44. The molecular formula is C8H5ClIN. The number of nitrogens with zero attached hydrogens (tertiary/aromatic N) is 1. The van der Waals surface area contributed by atoms with Crippen LogP contribution < -0.4 is 0 Å². The molecule has 0 atom stereocenters. The molecule has 0 aromatic heterocycles. The largest absolute Gasteiger partial charge is 0.198 e. The maximum atomic E-state index is 8.39. The summed E-state index contributed by atoms with van der Waals surface area (Å²) < 4.78 is 0.997. The third-order valence-electron chi connectivity index (χ3n) is 1.27. The number of nitriles is 1. The lowest BCUT2D eigenvalue weighted by molar-refractivity contribution is 1.26. The molecule has 1 nitrogen and oxygen atoms in total. The van der Waals surface area contributed by atoms with Crippen LogP contribution in [-0.4, -0.2) is 0 Å². The standard InChI is InChI=1S/C8H5ClIN/c9-7-2-1-6(3-4-11)5-8(7)10/h1-2,5H,3H2. The zero-order valence-electron chi connectivity index (χ0n) is 5.64. The molecule has 0 unspecified atom stereocenters. The molecule has 56 valence electrons. The predicted octanol–water partition coefficient (Wildman–Crippen LogP) is 3.01. The van der Waals surface area contributed by atoms with Gasteiger partial charge >= 0.3 is 0 Å². The predicted molar refractivity (Wildman–Crippen MR) is 53.5 cm³/mol. The Morgan fingerprint density at radius 2 is 2.27 bits per heavy atom. The van der Waals surface area contributed by atoms with Crippen LogP contribution in [0.2, 0.25) is 5.02 Å². The Morgan fingerprint density at radius 1 is 1.55 bits per heavy atom. The summed E-state index contributed by atoms with van der Waals surface area (Å²) in [5, 5.41) is 9.14. The Bertz CT molecular complexity index is 303. The smallest absolute Gasteiger partial charge is 0.0669 e. The van der Waals surface area contributed by atoms with Crippen molar-refractivity contribution in [2.45, 2.75) is 6.42 Å². The van der Waals surface area contributed by atoms with Crippen molar-refractivity contribution in [1.29, 1.82) is 5.26 Å². The van der Waals surface area contributed by atoms with E-state index in [0.717, 1.165) is 14.2 Å². The maximum absolute atomic E-state index is 8.39. The number of hydrogen-bond acceptors (Lipinski definition) is 1. The lowest BCUT2D eigenvalue weighted by Gasteiger charge is -1.97. The Labute approximate surface area is 84.1 Å². The summed E-state index contributed by atoms with van der Waals surface area (Å²) in [6, 6.07) is 7.69. The molecule has 1 rings (SSSR count). The van der Waals surface area contributed by atoms with Crippen molar-refractivity contribution in [1.82, 2.24) is 0 Å². The van der Waals surface area contributed by atoms with Gasteiger partial charge in [0.2, 0.25) is 0 Å². The maximum Gasteiger partial charge on any atom is 0.0669 e. The first-order valence-corrected chi connectivity index (χ1v) is 4.50. The second kappa shape index (κ2) is 3.93. The van der Waals surface area contributed by atoms with Crippen molar-refractivity contribution in [2.75, 3.05) is 0 Å². The van der Waals surface area contributed by atoms with Gasteiger partial charge in [-0.2, -0.15) is 5.26 Å². The molecule has 0 saturated carbocycles. The van der Waals surface area contributed by atoms with Gasteiger partial charge in [-0.3, -0.25) is 0 Å². The summed E-state index contributed by atoms with van der Waals surface area (Å²) in [4.78, 5) is 0. The van der Waals surface area contributed by atoms with Crippen LogP contribution >= 0.6 is 34.2 Å². The van der Waals surface area contributed by atoms with E-state index in [2.05, 4.69) is 28.7 Å². The quantitative estimate of drug-likeness (QED) is 0.724. The van der Waals surface area contributed by atoms with Gasteiger partial charge in [0.1, 0.15) is 0 Å². The molecule has 0 aliphatic carbocycles. The van der Waals surface area contributed by atoms with Crippen LogP contribution in [0.15, 0.2) is 18.2 Å². The molecule has 0 heterocycles. The van der Waals surface area contributed by atoms with Crippen LogP contribution in [0.4, 0.5) is 0 Å². The second-order valence-electron chi connectivity index (χ2n) is 2.08. The van der Waals surface area contributed by atoms with Gasteiger partial charge in [0.25, 0.3) is 0 Å². The molecule has 0 N–H and O–H groups in total. The van der Waals surface area contributed by atoms with E-state index in [9.17, 15) is 0 Å². The van der Waals surface area contributed by atoms with Gasteiger partial charge in [0.05, 0.1) is 17.5 Å². The topological polar surface area (TPSA) is 23.8 Å². The van der Waals surface area contributed by atoms with Gasteiger partial charge < -0.3 is 0 Å². The Balaban J connectivity index is 2.98. The second-order valence-corrected chi connectivity index (χ2v) is 3.65. The van der Waals surface area contributed by atoms with E-state index >= 15 is 0 Å². The van der Waals surface area contributed by atoms with Crippen molar-refractivity contribution >= 4 is 34.2 Å². The van der Waals surface area contributed by atoms with E-state index in [1.54, 1.807) is 0 Å². The van der Waals surface area contributed by atoms with Crippen LogP contribution in [0.3, 0.4) is 0 Å². The normalized spacial score (nSPS) is 9.18. The summed E-state index contributed by atoms with van der Waals surface area (Å²) in [6.45, 7) is 0. The van der Waals surface area contributed by atoms with Crippen molar-refractivity contribution < 1.29 is 0 Å². The highest BCUT2D eigenvalue weighted by molar-refractivity contribution is 14.1. The highest BCUT2D eigenvalue weighted by Gasteiger charge is 1.97. The summed E-state index contributed by atoms with van der Waals surface area (Å²) in [6.07, 6.45) is 0.452. The molecule has 11 heavy (non-hydrogen) atoms. The van der Waals surface area contributed by atoms with Crippen molar-refractivity contribution in [2.24, 2.45) is 0 Å². The fourth-order valence-electron chi connectivity index (χ4n) is 0.741. The average Bonchev–Trinajstić information content (AvgIpc) is 1.98. The van der Waals surface area contributed by atoms with E-state index in [-0.39, 0.29) is 0 Å². The lowest BCUT2D eigenvalue weighted by atomic mass is 10.2. The number of halogens is 2. The monoisotopic (exact) mass is 277 g/mol. The minimum Gasteiger partial charge on any atom is -0.198 e. The molecule has 0 fully saturated rings. The van der Waals surface area contributed by atoms with Crippen molar-refractivity contribution in [3.63, 3.8) is 0 Å². The molecule has 0 saturated heterocycles. The van der Waals surface area contributed by atoms with Gasteiger partial charge in [0.15, 0.2) is 0 Å². The number of hydrogen-bond donors (Lipinski definition) is 0. The molecule has 0 amide bonds. The fraction of sp³-hybridized carbons (Fsp3) is 0.125. The van der Waals surface area contributed by atoms with Crippen LogP contribution in [-0.2, 0) is 6.42 Å². The van der Waals surface area contributed by atoms with Crippen LogP contribution in [0, 0.1) is 14.9 Å². The van der Waals surface area contributed by atoms with E-state index < -0.39 is 0 Å². The van der Waals surface area contributed by atoms with Gasteiger partial charge in [-0.15, -0.1) is 0 Å². The zero-order chi connectivity index (χ0) is 8.27. The van der Waals surface area contributed by atoms with Crippen molar-refractivity contribution in [3.8, 4) is 6.07 Å². The molecule has 0 bridgehead atoms. The first-order valence-electron chi connectivity index (χ1n) is 3.05. The zero-order valence-corrected chi connectivity index (χ0v) is 8.56. The van der Waals surface area contributed by atoms with E-state index in [4.69, 9.17) is 16.9 Å². The van der Waals surface area contributed by atoms with Crippen LogP contribution in [0.1, 0.15) is 5.56 Å². The molecule has 0 aliphatic heterocycles. The third-order valence-corrected chi connectivity index (χ3v) is 2.81. The van der Waals surface area contributed by atoms with Crippen molar-refractivity contribution in [3.05, 3.63) is 32.4 Å². The number of benzene rings is 1. The first kappa shape index (κ1) is 8.82. The molecule has 0 radical (unpaired) electrons. The van der Waals surface area contributed by atoms with E-state index in [1.807, 2.05) is 18.2 Å². The Kier molecular flexibility index (Phi) is 3.16. The van der Waals surface area contributed by atoms with Gasteiger partial charge in [-0.05, 0) is 40.3 Å². The highest BCUT2D eigenvalue weighted by atomic mass is 127. The molecule has 3 heteroatoms. The SMILES string of the molecule is N#CCc1ccc(Cl)c(I)c1. The third kappa shape index (κ3) is 2.35. The van der Waals surface area contributed by atoms with E-state index in [1.165, 1.54) is 0 Å². The van der Waals surface area contributed by atoms with Crippen LogP contribution in [0.5, 0.6) is 0 Å². The Hall–Kier alpha value is -0.270. The number of rotatable bonds is 1. The average molecular weight is 277 g/mol. The first-order chi connectivity index (χ1) is 5.24. The minimum atomic E-state index is 0.452. The molecule has 1 aromatic rings. The summed E-state index contributed by atoms with van der Waals surface area (Å²) in [5.74, 6) is 0. The summed E-state index contributed by atoms with van der Waals surface area (Å²) in [7, 11) is 0. The molecule has 0 spiro atoms. The van der Waals surface area contributed by atoms with Gasteiger partial charge in [0, 0.05) is 3.57 Å². The van der Waals surface area contributed by atoms with Crippen LogP contribution in [0.25, 0.3) is 0 Å². The highest BCUT2D eigenvalue weighted by Crippen LogP contribution is 2.19. The minimum absolute atomic E-state index is 0.452.